The maximum atomic E-state index is 11.9. The van der Waals surface area contributed by atoms with Crippen LogP contribution >= 0.6 is 11.3 Å². The van der Waals surface area contributed by atoms with Gasteiger partial charge in [-0.1, -0.05) is 6.92 Å². The number of nitrogens with one attached hydrogen (secondary N) is 1. The molecule has 1 amide bonds. The summed E-state index contributed by atoms with van der Waals surface area (Å²) >= 11 is 1.77. The number of benzene rings is 1. The fraction of sp³-hybridized carbons (Fsp3) is 0.467. The number of nitrogens with zero attached hydrogens (tertiary/aromatic N) is 1. The van der Waals surface area contributed by atoms with E-state index in [0.29, 0.717) is 11.8 Å². The summed E-state index contributed by atoms with van der Waals surface area (Å²) in [5, 5.41) is 4.28. The van der Waals surface area contributed by atoms with Crippen LogP contribution in [0.15, 0.2) is 18.2 Å². The predicted octanol–water partition coefficient (Wildman–Crippen LogP) is 3.77. The minimum Gasteiger partial charge on any atom is -0.326 e. The molecule has 0 spiro atoms. The molecule has 2 aromatic rings. The lowest BCUT2D eigenvalue weighted by molar-refractivity contribution is -0.117. The van der Waals surface area contributed by atoms with E-state index in [1.54, 1.807) is 11.3 Å². The molecule has 2 saturated carbocycles. The first kappa shape index (κ1) is 11.4. The van der Waals surface area contributed by atoms with Crippen molar-refractivity contribution in [3.8, 4) is 0 Å². The van der Waals surface area contributed by atoms with Gasteiger partial charge >= 0.3 is 0 Å². The molecule has 2 aliphatic carbocycles. The number of hydrogen-bond acceptors (Lipinski definition) is 3. The SMILES string of the molecule is CC1CC1C(=O)Nc1ccc2nc(C3CC3)sc2c1. The lowest BCUT2D eigenvalue weighted by Gasteiger charge is -2.03. The molecule has 2 unspecified atom stereocenters. The average Bonchev–Trinajstić information content (AvgIpc) is 3.29. The van der Waals surface area contributed by atoms with Gasteiger partial charge in [-0.15, -0.1) is 11.3 Å². The quantitative estimate of drug-likeness (QED) is 0.924. The summed E-state index contributed by atoms with van der Waals surface area (Å²) in [7, 11) is 0. The zero-order valence-corrected chi connectivity index (χ0v) is 11.7. The zero-order chi connectivity index (χ0) is 13.0. The first-order chi connectivity index (χ1) is 9.20. The summed E-state index contributed by atoms with van der Waals surface area (Å²) in [5.74, 6) is 1.63. The third kappa shape index (κ3) is 2.14. The number of thiazole rings is 1. The molecule has 0 saturated heterocycles. The molecule has 1 heterocycles. The van der Waals surface area contributed by atoms with Gasteiger partial charge in [-0.25, -0.2) is 4.98 Å². The number of anilines is 1. The van der Waals surface area contributed by atoms with E-state index >= 15 is 0 Å². The molecule has 0 radical (unpaired) electrons. The molecule has 2 atom stereocenters. The number of hydrogen-bond donors (Lipinski definition) is 1. The zero-order valence-electron chi connectivity index (χ0n) is 10.8. The van der Waals surface area contributed by atoms with Gasteiger partial charge < -0.3 is 5.32 Å². The number of rotatable bonds is 3. The third-order valence-electron chi connectivity index (χ3n) is 4.05. The summed E-state index contributed by atoms with van der Waals surface area (Å²) in [5.41, 5.74) is 1.97. The van der Waals surface area contributed by atoms with Crippen LogP contribution in [0.3, 0.4) is 0 Å². The lowest BCUT2D eigenvalue weighted by atomic mass is 10.2. The van der Waals surface area contributed by atoms with Crippen LogP contribution in [0.2, 0.25) is 0 Å². The Labute approximate surface area is 116 Å². The minimum atomic E-state index is 0.166. The van der Waals surface area contributed by atoms with Crippen LogP contribution in [0.1, 0.15) is 37.1 Å². The van der Waals surface area contributed by atoms with E-state index in [9.17, 15) is 4.79 Å². The van der Waals surface area contributed by atoms with Gasteiger partial charge in [-0.2, -0.15) is 0 Å². The molecule has 0 aliphatic heterocycles. The number of fused-ring (bicyclic) bond motifs is 1. The molecule has 1 aromatic heterocycles. The second-order valence-corrected chi connectivity index (χ2v) is 6.88. The molecule has 2 aliphatic rings. The molecule has 2 fully saturated rings. The number of carbonyl (C=O) groups is 1. The second-order valence-electron chi connectivity index (χ2n) is 5.82. The lowest BCUT2D eigenvalue weighted by Crippen LogP contribution is -2.14. The summed E-state index contributed by atoms with van der Waals surface area (Å²) in [6.07, 6.45) is 3.59. The van der Waals surface area contributed by atoms with Crippen molar-refractivity contribution in [3.63, 3.8) is 0 Å². The molecular weight excluding hydrogens is 256 g/mol. The Balaban J connectivity index is 1.58. The van der Waals surface area contributed by atoms with E-state index in [1.165, 1.54) is 22.5 Å². The topological polar surface area (TPSA) is 42.0 Å². The van der Waals surface area contributed by atoms with Gasteiger partial charge in [0.25, 0.3) is 0 Å². The van der Waals surface area contributed by atoms with Gasteiger partial charge in [-0.05, 0) is 43.4 Å². The fourth-order valence-corrected chi connectivity index (χ4v) is 3.62. The fourth-order valence-electron chi connectivity index (χ4n) is 2.45. The van der Waals surface area contributed by atoms with Crippen molar-refractivity contribution in [3.05, 3.63) is 23.2 Å². The highest BCUT2D eigenvalue weighted by Crippen LogP contribution is 2.43. The first-order valence-corrected chi connectivity index (χ1v) is 7.74. The van der Waals surface area contributed by atoms with Crippen molar-refractivity contribution >= 4 is 33.1 Å². The van der Waals surface area contributed by atoms with E-state index in [0.717, 1.165) is 17.6 Å². The van der Waals surface area contributed by atoms with Gasteiger partial charge in [0, 0.05) is 17.5 Å². The Kier molecular flexibility index (Phi) is 2.42. The van der Waals surface area contributed by atoms with Crippen LogP contribution in [-0.4, -0.2) is 10.9 Å². The van der Waals surface area contributed by atoms with E-state index in [4.69, 9.17) is 0 Å². The number of carbonyl (C=O) groups excluding carboxylic acids is 1. The Morgan fingerprint density at radius 2 is 2.21 bits per heavy atom. The van der Waals surface area contributed by atoms with Gasteiger partial charge in [0.2, 0.25) is 5.91 Å². The van der Waals surface area contributed by atoms with E-state index in [1.807, 2.05) is 12.1 Å². The van der Waals surface area contributed by atoms with Crippen molar-refractivity contribution in [2.45, 2.75) is 32.1 Å². The van der Waals surface area contributed by atoms with Gasteiger partial charge in [0.15, 0.2) is 0 Å². The normalized spacial score (nSPS) is 25.5. The van der Waals surface area contributed by atoms with Crippen LogP contribution < -0.4 is 5.32 Å². The molecular formula is C15H16N2OS. The van der Waals surface area contributed by atoms with Crippen LogP contribution in [0, 0.1) is 11.8 Å². The summed E-state index contributed by atoms with van der Waals surface area (Å²) in [6.45, 7) is 2.12. The largest absolute Gasteiger partial charge is 0.326 e. The van der Waals surface area contributed by atoms with Crippen LogP contribution in [0.4, 0.5) is 5.69 Å². The van der Waals surface area contributed by atoms with Crippen molar-refractivity contribution in [1.29, 1.82) is 0 Å². The second kappa shape index (κ2) is 4.04. The first-order valence-electron chi connectivity index (χ1n) is 6.92. The van der Waals surface area contributed by atoms with Gasteiger partial charge in [0.1, 0.15) is 0 Å². The Bertz CT molecular complexity index is 659. The van der Waals surface area contributed by atoms with Gasteiger partial charge in [-0.3, -0.25) is 4.79 Å². The molecule has 98 valence electrons. The van der Waals surface area contributed by atoms with Crippen molar-refractivity contribution in [2.24, 2.45) is 11.8 Å². The van der Waals surface area contributed by atoms with Crippen LogP contribution in [-0.2, 0) is 4.79 Å². The van der Waals surface area contributed by atoms with Crippen LogP contribution in [0.25, 0.3) is 10.2 Å². The Morgan fingerprint density at radius 1 is 1.42 bits per heavy atom. The predicted molar refractivity (Wildman–Crippen MR) is 77.5 cm³/mol. The molecule has 0 bridgehead atoms. The smallest absolute Gasteiger partial charge is 0.227 e. The summed E-state index contributed by atoms with van der Waals surface area (Å²) in [4.78, 5) is 16.6. The molecule has 4 rings (SSSR count). The minimum absolute atomic E-state index is 0.166. The Hall–Kier alpha value is -1.42. The molecule has 1 N–H and O–H groups in total. The number of aromatic nitrogens is 1. The highest BCUT2D eigenvalue weighted by atomic mass is 32.1. The maximum Gasteiger partial charge on any atom is 0.227 e. The maximum absolute atomic E-state index is 11.9. The average molecular weight is 272 g/mol. The van der Waals surface area contributed by atoms with Crippen LogP contribution in [0.5, 0.6) is 0 Å². The van der Waals surface area contributed by atoms with Gasteiger partial charge in [0.05, 0.1) is 15.2 Å². The number of amides is 1. The van der Waals surface area contributed by atoms with Crippen molar-refractivity contribution < 1.29 is 4.79 Å². The van der Waals surface area contributed by atoms with E-state index in [2.05, 4.69) is 23.3 Å². The molecule has 19 heavy (non-hydrogen) atoms. The summed E-state index contributed by atoms with van der Waals surface area (Å²) < 4.78 is 1.18. The highest BCUT2D eigenvalue weighted by molar-refractivity contribution is 7.18. The molecule has 3 nitrogen and oxygen atoms in total. The van der Waals surface area contributed by atoms with E-state index < -0.39 is 0 Å². The van der Waals surface area contributed by atoms with Crippen molar-refractivity contribution in [2.75, 3.05) is 5.32 Å². The Morgan fingerprint density at radius 3 is 2.89 bits per heavy atom. The van der Waals surface area contributed by atoms with Crippen molar-refractivity contribution in [1.82, 2.24) is 4.98 Å². The molecule has 4 heteroatoms. The summed E-state index contributed by atoms with van der Waals surface area (Å²) in [6, 6.07) is 6.04. The third-order valence-corrected chi connectivity index (χ3v) is 5.23. The monoisotopic (exact) mass is 272 g/mol. The standard InChI is InChI=1S/C15H16N2OS/c1-8-6-11(8)14(18)16-10-4-5-12-13(7-10)19-15(17-12)9-2-3-9/h4-5,7-9,11H,2-3,6H2,1H3,(H,16,18). The molecule has 1 aromatic carbocycles. The highest BCUT2D eigenvalue weighted by Gasteiger charge is 2.39. The van der Waals surface area contributed by atoms with E-state index in [-0.39, 0.29) is 11.8 Å².